The van der Waals surface area contributed by atoms with E-state index in [0.29, 0.717) is 0 Å². The molecule has 6 heteroatoms. The first-order chi connectivity index (χ1) is 9.88. The third kappa shape index (κ3) is 4.01. The van der Waals surface area contributed by atoms with Crippen LogP contribution in [0.5, 0.6) is 0 Å². The van der Waals surface area contributed by atoms with Crippen molar-refractivity contribution in [3.05, 3.63) is 42.5 Å². The molecule has 0 amide bonds. The highest BCUT2D eigenvalue weighted by atomic mass is 32.2. The first kappa shape index (κ1) is 15.4. The predicted molar refractivity (Wildman–Crippen MR) is 76.3 cm³/mol. The van der Waals surface area contributed by atoms with Crippen LogP contribution in [0.4, 0.5) is 0 Å². The molecule has 1 aliphatic heterocycles. The van der Waals surface area contributed by atoms with Crippen molar-refractivity contribution in [1.29, 1.82) is 0 Å². The third-order valence-electron chi connectivity index (χ3n) is 3.24. The van der Waals surface area contributed by atoms with Gasteiger partial charge in [0.25, 0.3) is 0 Å². The van der Waals surface area contributed by atoms with E-state index in [-0.39, 0.29) is 23.0 Å². The Morgan fingerprint density at radius 2 is 1.95 bits per heavy atom. The number of cyclic esters (lactones) is 1. The number of carbonyl (C=O) groups is 2. The second-order valence-corrected chi connectivity index (χ2v) is 7.04. The maximum atomic E-state index is 12.1. The monoisotopic (exact) mass is 308 g/mol. The first-order valence-corrected chi connectivity index (χ1v) is 8.22. The molecule has 21 heavy (non-hydrogen) atoms. The number of sulfone groups is 1. The molecule has 1 heterocycles. The Kier molecular flexibility index (Phi) is 4.57. The van der Waals surface area contributed by atoms with Crippen molar-refractivity contribution in [2.24, 2.45) is 5.92 Å². The smallest absolute Gasteiger partial charge is 0.331 e. The van der Waals surface area contributed by atoms with Crippen LogP contribution in [0.2, 0.25) is 0 Å². The lowest BCUT2D eigenvalue weighted by molar-refractivity contribution is -0.141. The molecule has 0 saturated heterocycles. The minimum atomic E-state index is -3.61. The topological polar surface area (TPSA) is 77.5 Å². The van der Waals surface area contributed by atoms with Gasteiger partial charge in [0.2, 0.25) is 0 Å². The molecule has 0 saturated carbocycles. The Balaban J connectivity index is 1.96. The van der Waals surface area contributed by atoms with E-state index < -0.39 is 27.7 Å². The SMILES string of the molecule is C[C@@H](CC(=O)CS(=O)(=O)c1ccccc1)[C@H]1C=CC(=O)O1. The van der Waals surface area contributed by atoms with Crippen LogP contribution in [0.15, 0.2) is 47.4 Å². The number of esters is 1. The predicted octanol–water partition coefficient (Wildman–Crippen LogP) is 1.54. The van der Waals surface area contributed by atoms with Gasteiger partial charge in [-0.2, -0.15) is 0 Å². The molecule has 1 aliphatic rings. The molecule has 0 fully saturated rings. The molecule has 1 aromatic carbocycles. The Hall–Kier alpha value is -1.95. The highest BCUT2D eigenvalue weighted by molar-refractivity contribution is 7.92. The van der Waals surface area contributed by atoms with Gasteiger partial charge in [-0.05, 0) is 18.2 Å². The summed E-state index contributed by atoms with van der Waals surface area (Å²) >= 11 is 0. The summed E-state index contributed by atoms with van der Waals surface area (Å²) in [6, 6.07) is 7.87. The summed E-state index contributed by atoms with van der Waals surface area (Å²) in [6.07, 6.45) is 2.49. The average molecular weight is 308 g/mol. The van der Waals surface area contributed by atoms with Gasteiger partial charge in [-0.3, -0.25) is 4.79 Å². The molecule has 0 unspecified atom stereocenters. The summed E-state index contributed by atoms with van der Waals surface area (Å²) in [4.78, 5) is 23.0. The number of benzene rings is 1. The zero-order valence-electron chi connectivity index (χ0n) is 11.6. The maximum Gasteiger partial charge on any atom is 0.331 e. The molecular weight excluding hydrogens is 292 g/mol. The standard InChI is InChI=1S/C15H16O5S/c1-11(14-7-8-15(17)20-14)9-12(16)10-21(18,19)13-5-3-2-4-6-13/h2-8,11,14H,9-10H2,1H3/t11-,14+/m0/s1. The summed E-state index contributed by atoms with van der Waals surface area (Å²) < 4.78 is 29.1. The van der Waals surface area contributed by atoms with Gasteiger partial charge in [0, 0.05) is 18.4 Å². The lowest BCUT2D eigenvalue weighted by Gasteiger charge is -2.16. The number of ketones is 1. The van der Waals surface area contributed by atoms with Gasteiger partial charge in [-0.25, -0.2) is 13.2 Å². The van der Waals surface area contributed by atoms with Gasteiger partial charge >= 0.3 is 5.97 Å². The van der Waals surface area contributed by atoms with Crippen molar-refractivity contribution in [1.82, 2.24) is 0 Å². The van der Waals surface area contributed by atoms with Crippen molar-refractivity contribution in [2.45, 2.75) is 24.3 Å². The van der Waals surface area contributed by atoms with Gasteiger partial charge in [0.15, 0.2) is 9.84 Å². The average Bonchev–Trinajstić information content (AvgIpc) is 2.86. The van der Waals surface area contributed by atoms with E-state index in [4.69, 9.17) is 4.74 Å². The number of rotatable bonds is 6. The lowest BCUT2D eigenvalue weighted by Crippen LogP contribution is -2.24. The molecule has 0 spiro atoms. The van der Waals surface area contributed by atoms with Crippen molar-refractivity contribution < 1.29 is 22.7 Å². The molecule has 0 bridgehead atoms. The summed E-state index contributed by atoms with van der Waals surface area (Å²) in [5.74, 6) is -1.60. The van der Waals surface area contributed by atoms with Crippen LogP contribution in [0.25, 0.3) is 0 Å². The minimum Gasteiger partial charge on any atom is -0.455 e. The number of carbonyl (C=O) groups excluding carboxylic acids is 2. The maximum absolute atomic E-state index is 12.1. The van der Waals surface area contributed by atoms with Gasteiger partial charge in [0.1, 0.15) is 17.6 Å². The fraction of sp³-hybridized carbons (Fsp3) is 0.333. The highest BCUT2D eigenvalue weighted by Crippen LogP contribution is 2.19. The summed E-state index contributed by atoms with van der Waals surface area (Å²) in [5, 5.41) is 0. The van der Waals surface area contributed by atoms with Crippen LogP contribution in [0.1, 0.15) is 13.3 Å². The number of hydrogen-bond donors (Lipinski definition) is 0. The van der Waals surface area contributed by atoms with E-state index in [1.165, 1.54) is 18.2 Å². The van der Waals surface area contributed by atoms with Crippen LogP contribution >= 0.6 is 0 Å². The summed E-state index contributed by atoms with van der Waals surface area (Å²) in [5.41, 5.74) is 0. The first-order valence-electron chi connectivity index (χ1n) is 6.57. The van der Waals surface area contributed by atoms with Gasteiger partial charge < -0.3 is 4.74 Å². The Morgan fingerprint density at radius 1 is 1.29 bits per heavy atom. The van der Waals surface area contributed by atoms with Crippen LogP contribution in [0, 0.1) is 5.92 Å². The molecule has 5 nitrogen and oxygen atoms in total. The summed E-state index contributed by atoms with van der Waals surface area (Å²) in [7, 11) is -3.61. The normalized spacial score (nSPS) is 19.3. The fourth-order valence-electron chi connectivity index (χ4n) is 2.15. The van der Waals surface area contributed by atoms with E-state index in [2.05, 4.69) is 0 Å². The minimum absolute atomic E-state index is 0.0500. The zero-order valence-corrected chi connectivity index (χ0v) is 12.4. The van der Waals surface area contributed by atoms with Gasteiger partial charge in [-0.15, -0.1) is 0 Å². The largest absolute Gasteiger partial charge is 0.455 e. The third-order valence-corrected chi connectivity index (χ3v) is 4.93. The van der Waals surface area contributed by atoms with Crippen LogP contribution in [0.3, 0.4) is 0 Å². The molecule has 0 aromatic heterocycles. The zero-order chi connectivity index (χ0) is 15.5. The quantitative estimate of drug-likeness (QED) is 0.745. The second kappa shape index (κ2) is 6.22. The van der Waals surface area contributed by atoms with Crippen molar-refractivity contribution >= 4 is 21.6 Å². The van der Waals surface area contributed by atoms with Crippen molar-refractivity contribution in [2.75, 3.05) is 5.75 Å². The van der Waals surface area contributed by atoms with E-state index in [1.54, 1.807) is 31.2 Å². The molecular formula is C15H16O5S. The highest BCUT2D eigenvalue weighted by Gasteiger charge is 2.27. The molecule has 0 radical (unpaired) electrons. The summed E-state index contributed by atoms with van der Waals surface area (Å²) in [6.45, 7) is 1.75. The molecule has 1 aromatic rings. The van der Waals surface area contributed by atoms with Crippen LogP contribution < -0.4 is 0 Å². The molecule has 0 N–H and O–H groups in total. The molecule has 112 valence electrons. The van der Waals surface area contributed by atoms with Crippen LogP contribution in [-0.4, -0.2) is 32.0 Å². The van der Waals surface area contributed by atoms with Gasteiger partial charge in [0.05, 0.1) is 4.90 Å². The van der Waals surface area contributed by atoms with Crippen molar-refractivity contribution in [3.8, 4) is 0 Å². The second-order valence-electron chi connectivity index (χ2n) is 5.05. The fourth-order valence-corrected chi connectivity index (χ4v) is 3.43. The Morgan fingerprint density at radius 3 is 2.52 bits per heavy atom. The van der Waals surface area contributed by atoms with Gasteiger partial charge in [-0.1, -0.05) is 25.1 Å². The van der Waals surface area contributed by atoms with E-state index in [0.717, 1.165) is 0 Å². The van der Waals surface area contributed by atoms with E-state index in [1.807, 2.05) is 0 Å². The molecule has 0 aliphatic carbocycles. The number of ether oxygens (including phenoxy) is 1. The Bertz CT molecular complexity index is 661. The number of Topliss-reactive ketones (excluding diaryl/α,β-unsaturated/α-hetero) is 1. The lowest BCUT2D eigenvalue weighted by atomic mass is 9.99. The number of hydrogen-bond acceptors (Lipinski definition) is 5. The van der Waals surface area contributed by atoms with Crippen molar-refractivity contribution in [3.63, 3.8) is 0 Å². The van der Waals surface area contributed by atoms with Crippen LogP contribution in [-0.2, 0) is 24.2 Å². The Labute approximate surface area is 123 Å². The van der Waals surface area contributed by atoms with E-state index >= 15 is 0 Å². The molecule has 2 rings (SSSR count). The van der Waals surface area contributed by atoms with E-state index in [9.17, 15) is 18.0 Å². The molecule has 2 atom stereocenters.